The van der Waals surface area contributed by atoms with Crippen molar-refractivity contribution in [2.45, 2.75) is 64.7 Å². The van der Waals surface area contributed by atoms with Crippen molar-refractivity contribution in [3.63, 3.8) is 0 Å². The van der Waals surface area contributed by atoms with Gasteiger partial charge in [0.05, 0.1) is 6.04 Å². The summed E-state index contributed by atoms with van der Waals surface area (Å²) in [6, 6.07) is 4.57. The van der Waals surface area contributed by atoms with Crippen LogP contribution >= 0.6 is 11.3 Å². The van der Waals surface area contributed by atoms with Gasteiger partial charge in [0, 0.05) is 10.9 Å². The zero-order valence-electron chi connectivity index (χ0n) is 13.2. The highest BCUT2D eigenvalue weighted by molar-refractivity contribution is 7.10. The van der Waals surface area contributed by atoms with Crippen LogP contribution in [0.2, 0.25) is 0 Å². The summed E-state index contributed by atoms with van der Waals surface area (Å²) in [6.07, 6.45) is 5.01. The van der Waals surface area contributed by atoms with Gasteiger partial charge in [-0.05, 0) is 36.1 Å². The Morgan fingerprint density at radius 2 is 2.19 bits per heavy atom. The van der Waals surface area contributed by atoms with Crippen molar-refractivity contribution >= 4 is 17.2 Å². The van der Waals surface area contributed by atoms with Gasteiger partial charge in [0.2, 0.25) is 5.91 Å². The summed E-state index contributed by atoms with van der Waals surface area (Å²) in [4.78, 5) is 16.3. The number of nitrogens with zero attached hydrogens (tertiary/aromatic N) is 1. The number of rotatable bonds is 6. The summed E-state index contributed by atoms with van der Waals surface area (Å²) in [6.45, 7) is 6.48. The summed E-state index contributed by atoms with van der Waals surface area (Å²) in [5.41, 5.74) is 0. The number of amides is 1. The van der Waals surface area contributed by atoms with Crippen LogP contribution in [0.3, 0.4) is 0 Å². The van der Waals surface area contributed by atoms with Crippen LogP contribution in [0.4, 0.5) is 0 Å². The van der Waals surface area contributed by atoms with Gasteiger partial charge in [-0.15, -0.1) is 11.3 Å². The van der Waals surface area contributed by atoms with Crippen LogP contribution in [0.5, 0.6) is 0 Å². The van der Waals surface area contributed by atoms with Gasteiger partial charge in [-0.2, -0.15) is 0 Å². The standard InChI is InChI=1S/C17H26N2OS/c1-4-13(10-12-7-8-12)19-16(14-6-5-9-21-14)18-15(11(2)3)17(19)20/h5-6,9,11-13,15-16,18H,4,7-8,10H2,1-3H3. The summed E-state index contributed by atoms with van der Waals surface area (Å²) in [7, 11) is 0. The maximum atomic E-state index is 12.9. The minimum atomic E-state index is -0.0367. The molecule has 1 aromatic rings. The zero-order valence-corrected chi connectivity index (χ0v) is 14.0. The number of carbonyl (C=O) groups is 1. The van der Waals surface area contributed by atoms with Crippen molar-refractivity contribution in [3.05, 3.63) is 22.4 Å². The second kappa shape index (κ2) is 6.09. The van der Waals surface area contributed by atoms with Crippen molar-refractivity contribution in [1.82, 2.24) is 10.2 Å². The molecule has 4 heteroatoms. The molecule has 1 saturated carbocycles. The van der Waals surface area contributed by atoms with Crippen molar-refractivity contribution in [3.8, 4) is 0 Å². The van der Waals surface area contributed by atoms with Crippen LogP contribution in [0.1, 0.15) is 57.5 Å². The summed E-state index contributed by atoms with van der Waals surface area (Å²) >= 11 is 1.75. The number of hydrogen-bond donors (Lipinski definition) is 1. The molecule has 1 N–H and O–H groups in total. The molecule has 2 aliphatic rings. The Balaban J connectivity index is 1.86. The van der Waals surface area contributed by atoms with Crippen LogP contribution in [0, 0.1) is 11.8 Å². The molecule has 0 spiro atoms. The fourth-order valence-corrected chi connectivity index (χ4v) is 4.14. The van der Waals surface area contributed by atoms with Gasteiger partial charge in [-0.25, -0.2) is 0 Å². The maximum Gasteiger partial charge on any atom is 0.241 e. The first kappa shape index (κ1) is 15.0. The van der Waals surface area contributed by atoms with Crippen LogP contribution < -0.4 is 5.32 Å². The Morgan fingerprint density at radius 1 is 1.43 bits per heavy atom. The minimum absolute atomic E-state index is 0.0367. The van der Waals surface area contributed by atoms with Crippen molar-refractivity contribution < 1.29 is 4.79 Å². The Kier molecular flexibility index (Phi) is 4.36. The lowest BCUT2D eigenvalue weighted by Gasteiger charge is -2.32. The second-order valence-electron chi connectivity index (χ2n) is 6.79. The largest absolute Gasteiger partial charge is 0.318 e. The first-order valence-electron chi connectivity index (χ1n) is 8.23. The first-order chi connectivity index (χ1) is 10.1. The molecular weight excluding hydrogens is 280 g/mol. The van der Waals surface area contributed by atoms with E-state index in [1.54, 1.807) is 11.3 Å². The van der Waals surface area contributed by atoms with Crippen LogP contribution in [-0.2, 0) is 4.79 Å². The molecule has 1 amide bonds. The summed E-state index contributed by atoms with van der Waals surface area (Å²) < 4.78 is 0. The SMILES string of the molecule is CCC(CC1CC1)N1C(=O)C(C(C)C)NC1c1cccs1. The van der Waals surface area contributed by atoms with Gasteiger partial charge in [0.25, 0.3) is 0 Å². The number of thiophene rings is 1. The van der Waals surface area contributed by atoms with Crippen molar-refractivity contribution in [1.29, 1.82) is 0 Å². The highest BCUT2D eigenvalue weighted by Crippen LogP contribution is 2.39. The van der Waals surface area contributed by atoms with E-state index in [1.165, 1.54) is 24.1 Å². The van der Waals surface area contributed by atoms with E-state index in [4.69, 9.17) is 0 Å². The van der Waals surface area contributed by atoms with Gasteiger partial charge >= 0.3 is 0 Å². The van der Waals surface area contributed by atoms with Crippen molar-refractivity contribution in [2.24, 2.45) is 11.8 Å². The highest BCUT2D eigenvalue weighted by atomic mass is 32.1. The molecule has 3 unspecified atom stereocenters. The Hall–Kier alpha value is -0.870. The van der Waals surface area contributed by atoms with E-state index >= 15 is 0 Å². The molecule has 1 saturated heterocycles. The molecule has 2 heterocycles. The number of carbonyl (C=O) groups excluding carboxylic acids is 1. The summed E-state index contributed by atoms with van der Waals surface area (Å²) in [5, 5.41) is 5.69. The smallest absolute Gasteiger partial charge is 0.241 e. The molecule has 3 nitrogen and oxygen atoms in total. The Bertz CT molecular complexity index is 481. The second-order valence-corrected chi connectivity index (χ2v) is 7.77. The van der Waals surface area contributed by atoms with Gasteiger partial charge in [-0.1, -0.05) is 39.7 Å². The average molecular weight is 306 g/mol. The van der Waals surface area contributed by atoms with Crippen LogP contribution in [0.25, 0.3) is 0 Å². The molecule has 2 fully saturated rings. The van der Waals surface area contributed by atoms with E-state index in [9.17, 15) is 4.79 Å². The van der Waals surface area contributed by atoms with Gasteiger partial charge < -0.3 is 4.90 Å². The van der Waals surface area contributed by atoms with E-state index < -0.39 is 0 Å². The third-order valence-electron chi connectivity index (χ3n) is 4.78. The number of hydrogen-bond acceptors (Lipinski definition) is 3. The van der Waals surface area contributed by atoms with Gasteiger partial charge in [0.15, 0.2) is 0 Å². The highest BCUT2D eigenvalue weighted by Gasteiger charge is 2.45. The Morgan fingerprint density at radius 3 is 2.71 bits per heavy atom. The average Bonchev–Trinajstić information content (AvgIpc) is 2.98. The number of nitrogens with one attached hydrogen (secondary N) is 1. The van der Waals surface area contributed by atoms with Gasteiger partial charge in [-0.3, -0.25) is 10.1 Å². The lowest BCUT2D eigenvalue weighted by atomic mass is 10.0. The molecule has 116 valence electrons. The molecule has 3 rings (SSSR count). The van der Waals surface area contributed by atoms with E-state index in [1.807, 2.05) is 0 Å². The Labute approximate surface area is 131 Å². The predicted octanol–water partition coefficient (Wildman–Crippen LogP) is 3.78. The lowest BCUT2D eigenvalue weighted by Crippen LogP contribution is -2.40. The first-order valence-corrected chi connectivity index (χ1v) is 9.11. The molecule has 1 aromatic heterocycles. The lowest BCUT2D eigenvalue weighted by molar-refractivity contribution is -0.133. The van der Waals surface area contributed by atoms with E-state index in [2.05, 4.69) is 48.5 Å². The quantitative estimate of drug-likeness (QED) is 0.867. The molecule has 0 radical (unpaired) electrons. The fraction of sp³-hybridized carbons (Fsp3) is 0.706. The topological polar surface area (TPSA) is 32.3 Å². The van der Waals surface area contributed by atoms with E-state index in [-0.39, 0.29) is 12.2 Å². The monoisotopic (exact) mass is 306 g/mol. The molecule has 0 bridgehead atoms. The van der Waals surface area contributed by atoms with E-state index in [0.717, 1.165) is 12.3 Å². The molecule has 1 aliphatic carbocycles. The van der Waals surface area contributed by atoms with Gasteiger partial charge in [0.1, 0.15) is 6.17 Å². The third kappa shape index (κ3) is 3.02. The molecular formula is C17H26N2OS. The van der Waals surface area contributed by atoms with Crippen molar-refractivity contribution in [2.75, 3.05) is 0 Å². The predicted molar refractivity (Wildman–Crippen MR) is 87.1 cm³/mol. The zero-order chi connectivity index (χ0) is 15.0. The molecule has 3 atom stereocenters. The summed E-state index contributed by atoms with van der Waals surface area (Å²) in [5.74, 6) is 1.49. The molecule has 0 aromatic carbocycles. The third-order valence-corrected chi connectivity index (χ3v) is 5.71. The minimum Gasteiger partial charge on any atom is -0.318 e. The fourth-order valence-electron chi connectivity index (χ4n) is 3.36. The van der Waals surface area contributed by atoms with E-state index in [0.29, 0.717) is 17.9 Å². The van der Waals surface area contributed by atoms with Crippen LogP contribution in [-0.4, -0.2) is 22.9 Å². The molecule has 21 heavy (non-hydrogen) atoms. The molecule has 1 aliphatic heterocycles. The maximum absolute atomic E-state index is 12.9. The normalized spacial score (nSPS) is 27.6. The van der Waals surface area contributed by atoms with Crippen LogP contribution in [0.15, 0.2) is 17.5 Å².